The molecule has 1 heterocycles. The predicted molar refractivity (Wildman–Crippen MR) is 97.0 cm³/mol. The number of rotatable bonds is 8. The van der Waals surface area contributed by atoms with Gasteiger partial charge in [0.15, 0.2) is 0 Å². The molecule has 2 rings (SSSR count). The minimum absolute atomic E-state index is 0. The first kappa shape index (κ1) is 19.5. The topological polar surface area (TPSA) is 41.1 Å². The zero-order chi connectivity index (χ0) is 14.8. The van der Waals surface area contributed by atoms with E-state index in [0.717, 1.165) is 25.9 Å². The molecule has 0 radical (unpaired) electrons. The van der Waals surface area contributed by atoms with Crippen LogP contribution in [0.2, 0.25) is 0 Å². The number of hydrogen-bond donors (Lipinski definition) is 2. The van der Waals surface area contributed by atoms with Gasteiger partial charge < -0.3 is 10.6 Å². The molecule has 0 unspecified atom stereocenters. The van der Waals surface area contributed by atoms with E-state index in [1.54, 1.807) is 11.3 Å². The molecule has 1 aromatic heterocycles. The highest BCUT2D eigenvalue weighted by molar-refractivity contribution is 7.09. The molecule has 0 saturated heterocycles. The van der Waals surface area contributed by atoms with E-state index in [2.05, 4.69) is 28.1 Å². The van der Waals surface area contributed by atoms with Gasteiger partial charge in [0.2, 0.25) is 5.91 Å². The second kappa shape index (κ2) is 11.9. The average molecular weight is 345 g/mol. The van der Waals surface area contributed by atoms with E-state index in [-0.39, 0.29) is 18.3 Å². The second-order valence-corrected chi connectivity index (χ2v) is 6.96. The van der Waals surface area contributed by atoms with Crippen LogP contribution in [-0.4, -0.2) is 25.0 Å². The van der Waals surface area contributed by atoms with E-state index in [0.29, 0.717) is 12.5 Å². The van der Waals surface area contributed by atoms with Crippen molar-refractivity contribution in [1.82, 2.24) is 10.6 Å². The third kappa shape index (κ3) is 8.16. The van der Waals surface area contributed by atoms with Crippen LogP contribution in [0, 0.1) is 0 Å². The normalized spacial score (nSPS) is 15.8. The van der Waals surface area contributed by atoms with Crippen molar-refractivity contribution in [2.45, 2.75) is 63.8 Å². The first-order chi connectivity index (χ1) is 10.3. The molecule has 1 saturated carbocycles. The van der Waals surface area contributed by atoms with Gasteiger partial charge in [0.25, 0.3) is 0 Å². The molecule has 0 spiro atoms. The molecule has 3 nitrogen and oxygen atoms in total. The Bertz CT molecular complexity index is 389. The Morgan fingerprint density at radius 1 is 1.18 bits per heavy atom. The van der Waals surface area contributed by atoms with Crippen molar-refractivity contribution >= 4 is 29.7 Å². The van der Waals surface area contributed by atoms with Crippen LogP contribution in [0.3, 0.4) is 0 Å². The molecule has 22 heavy (non-hydrogen) atoms. The third-order valence-corrected chi connectivity index (χ3v) is 5.08. The average Bonchev–Trinajstić information content (AvgIpc) is 2.86. The Morgan fingerprint density at radius 2 is 1.95 bits per heavy atom. The fourth-order valence-corrected chi connectivity index (χ4v) is 3.68. The molecule has 1 amide bonds. The van der Waals surface area contributed by atoms with Crippen LogP contribution in [-0.2, 0) is 11.2 Å². The fourth-order valence-electron chi connectivity index (χ4n) is 2.93. The van der Waals surface area contributed by atoms with E-state index in [9.17, 15) is 4.79 Å². The van der Waals surface area contributed by atoms with Gasteiger partial charge in [0, 0.05) is 30.4 Å². The molecule has 1 aliphatic rings. The summed E-state index contributed by atoms with van der Waals surface area (Å²) in [5.74, 6) is 0.189. The maximum atomic E-state index is 11.7. The van der Waals surface area contributed by atoms with Crippen molar-refractivity contribution in [3.05, 3.63) is 22.4 Å². The number of hydrogen-bond acceptors (Lipinski definition) is 3. The van der Waals surface area contributed by atoms with Crippen LogP contribution in [0.1, 0.15) is 56.2 Å². The van der Waals surface area contributed by atoms with Gasteiger partial charge in [-0.3, -0.25) is 4.79 Å². The van der Waals surface area contributed by atoms with Crippen molar-refractivity contribution < 1.29 is 4.79 Å². The molecule has 126 valence electrons. The van der Waals surface area contributed by atoms with Gasteiger partial charge in [0.1, 0.15) is 0 Å². The zero-order valence-corrected chi connectivity index (χ0v) is 14.9. The summed E-state index contributed by atoms with van der Waals surface area (Å²) in [4.78, 5) is 13.1. The van der Waals surface area contributed by atoms with Crippen LogP contribution >= 0.6 is 23.7 Å². The zero-order valence-electron chi connectivity index (χ0n) is 13.3. The van der Waals surface area contributed by atoms with Gasteiger partial charge in [-0.2, -0.15) is 0 Å². The fraction of sp³-hybridized carbons (Fsp3) is 0.706. The van der Waals surface area contributed by atoms with Crippen LogP contribution in [0.4, 0.5) is 0 Å². The highest BCUT2D eigenvalue weighted by Crippen LogP contribution is 2.16. The summed E-state index contributed by atoms with van der Waals surface area (Å²) in [5.41, 5.74) is 0. The molecule has 2 N–H and O–H groups in total. The number of amides is 1. The lowest BCUT2D eigenvalue weighted by Crippen LogP contribution is -2.36. The van der Waals surface area contributed by atoms with Crippen LogP contribution in [0.15, 0.2) is 17.5 Å². The van der Waals surface area contributed by atoms with Gasteiger partial charge >= 0.3 is 0 Å². The van der Waals surface area contributed by atoms with Crippen molar-refractivity contribution in [1.29, 1.82) is 0 Å². The summed E-state index contributed by atoms with van der Waals surface area (Å²) < 4.78 is 0. The molecule has 5 heteroatoms. The maximum Gasteiger partial charge on any atom is 0.220 e. The maximum absolute atomic E-state index is 11.7. The Morgan fingerprint density at radius 3 is 2.64 bits per heavy atom. The third-order valence-electron chi connectivity index (χ3n) is 4.14. The van der Waals surface area contributed by atoms with Gasteiger partial charge in [-0.1, -0.05) is 31.7 Å². The van der Waals surface area contributed by atoms with E-state index < -0.39 is 0 Å². The van der Waals surface area contributed by atoms with E-state index >= 15 is 0 Å². The molecule has 1 aliphatic carbocycles. The molecule has 0 aromatic carbocycles. The van der Waals surface area contributed by atoms with E-state index in [1.165, 1.54) is 43.4 Å². The lowest BCUT2D eigenvalue weighted by molar-refractivity contribution is -0.121. The van der Waals surface area contributed by atoms with Gasteiger partial charge in [0.05, 0.1) is 0 Å². The summed E-state index contributed by atoms with van der Waals surface area (Å²) in [5, 5.41) is 8.69. The number of carbonyl (C=O) groups is 1. The summed E-state index contributed by atoms with van der Waals surface area (Å²) in [6.07, 6.45) is 10.7. The number of aryl methyl sites for hydroxylation is 1. The van der Waals surface area contributed by atoms with Crippen LogP contribution in [0.5, 0.6) is 0 Å². The standard InChI is InChI=1S/C17H28N2OS.ClH/c20-17(11-5-9-16-10-6-14-21-16)19-13-12-18-15-7-3-1-2-4-8-15;/h6,10,14-15,18H,1-5,7-9,11-13H2,(H,19,20);1H. The molecular formula is C17H29ClN2OS. The van der Waals surface area contributed by atoms with Crippen molar-refractivity contribution in [3.63, 3.8) is 0 Å². The SMILES string of the molecule is Cl.O=C(CCCc1cccs1)NCCNC1CCCCCC1. The van der Waals surface area contributed by atoms with E-state index in [4.69, 9.17) is 0 Å². The number of halogens is 1. The lowest BCUT2D eigenvalue weighted by atomic mass is 10.1. The number of carbonyl (C=O) groups excluding carboxylic acids is 1. The van der Waals surface area contributed by atoms with Crippen LogP contribution in [0.25, 0.3) is 0 Å². The lowest BCUT2D eigenvalue weighted by Gasteiger charge is -2.16. The van der Waals surface area contributed by atoms with Crippen molar-refractivity contribution in [3.8, 4) is 0 Å². The number of nitrogens with one attached hydrogen (secondary N) is 2. The van der Waals surface area contributed by atoms with Crippen molar-refractivity contribution in [2.75, 3.05) is 13.1 Å². The van der Waals surface area contributed by atoms with Gasteiger partial charge in [-0.05, 0) is 37.1 Å². The summed E-state index contributed by atoms with van der Waals surface area (Å²) in [6.45, 7) is 1.66. The molecular weight excluding hydrogens is 316 g/mol. The van der Waals surface area contributed by atoms with Gasteiger partial charge in [-0.15, -0.1) is 23.7 Å². The minimum Gasteiger partial charge on any atom is -0.355 e. The monoisotopic (exact) mass is 344 g/mol. The first-order valence-electron chi connectivity index (χ1n) is 8.37. The molecule has 1 fully saturated rings. The highest BCUT2D eigenvalue weighted by atomic mass is 35.5. The number of thiophene rings is 1. The molecule has 0 aliphatic heterocycles. The Hall–Kier alpha value is -0.580. The Labute approximate surface area is 144 Å². The molecule has 0 atom stereocenters. The Kier molecular flexibility index (Phi) is 10.5. The quantitative estimate of drug-likeness (QED) is 0.554. The van der Waals surface area contributed by atoms with E-state index in [1.807, 2.05) is 0 Å². The first-order valence-corrected chi connectivity index (χ1v) is 9.25. The Balaban J connectivity index is 0.00000242. The smallest absolute Gasteiger partial charge is 0.220 e. The molecule has 0 bridgehead atoms. The van der Waals surface area contributed by atoms with Gasteiger partial charge in [-0.25, -0.2) is 0 Å². The summed E-state index contributed by atoms with van der Waals surface area (Å²) in [6, 6.07) is 4.88. The minimum atomic E-state index is 0. The summed E-state index contributed by atoms with van der Waals surface area (Å²) in [7, 11) is 0. The second-order valence-electron chi connectivity index (χ2n) is 5.93. The summed E-state index contributed by atoms with van der Waals surface area (Å²) >= 11 is 1.77. The predicted octanol–water partition coefficient (Wildman–Crippen LogP) is 3.92. The highest BCUT2D eigenvalue weighted by Gasteiger charge is 2.10. The molecule has 1 aromatic rings. The van der Waals surface area contributed by atoms with Crippen LogP contribution < -0.4 is 10.6 Å². The largest absolute Gasteiger partial charge is 0.355 e. The van der Waals surface area contributed by atoms with Crippen molar-refractivity contribution in [2.24, 2.45) is 0 Å².